The van der Waals surface area contributed by atoms with Crippen molar-refractivity contribution in [2.24, 2.45) is 0 Å². The van der Waals surface area contributed by atoms with Crippen molar-refractivity contribution in [3.63, 3.8) is 0 Å². The largest absolute Gasteiger partial charge is 0.494 e. The molecule has 0 aliphatic carbocycles. The molecule has 0 saturated heterocycles. The van der Waals surface area contributed by atoms with E-state index in [9.17, 15) is 4.79 Å². The molecule has 26 heavy (non-hydrogen) atoms. The Morgan fingerprint density at radius 2 is 1.69 bits per heavy atom. The highest BCUT2D eigenvalue weighted by molar-refractivity contribution is 7.15. The van der Waals surface area contributed by atoms with Gasteiger partial charge in [0.05, 0.1) is 6.61 Å². The lowest BCUT2D eigenvalue weighted by Crippen LogP contribution is -2.12. The molecule has 1 aromatic heterocycles. The van der Waals surface area contributed by atoms with E-state index in [2.05, 4.69) is 15.5 Å². The van der Waals surface area contributed by atoms with Crippen LogP contribution in [0.4, 0.5) is 5.13 Å². The summed E-state index contributed by atoms with van der Waals surface area (Å²) in [7, 11) is 0. The quantitative estimate of drug-likeness (QED) is 0.578. The van der Waals surface area contributed by atoms with Crippen LogP contribution in [0.1, 0.15) is 23.4 Å². The Morgan fingerprint density at radius 1 is 0.962 bits per heavy atom. The van der Waals surface area contributed by atoms with E-state index < -0.39 is 0 Å². The number of nitrogens with zero attached hydrogens (tertiary/aromatic N) is 2. The van der Waals surface area contributed by atoms with Crippen molar-refractivity contribution in [1.82, 2.24) is 10.2 Å². The lowest BCUT2D eigenvalue weighted by atomic mass is 10.1. The van der Waals surface area contributed by atoms with Crippen LogP contribution >= 0.6 is 11.3 Å². The first-order valence-electron chi connectivity index (χ1n) is 8.63. The van der Waals surface area contributed by atoms with Gasteiger partial charge in [-0.25, -0.2) is 0 Å². The molecule has 134 valence electrons. The molecular formula is C20H21N3O2S. The van der Waals surface area contributed by atoms with Crippen LogP contribution in [-0.2, 0) is 17.6 Å². The van der Waals surface area contributed by atoms with Crippen LogP contribution in [0.15, 0.2) is 60.7 Å². The van der Waals surface area contributed by atoms with Gasteiger partial charge < -0.3 is 10.1 Å². The molecule has 0 aliphatic rings. The Bertz CT molecular complexity index is 806. The number of rotatable bonds is 9. The summed E-state index contributed by atoms with van der Waals surface area (Å²) in [6.45, 7) is 0.627. The van der Waals surface area contributed by atoms with Crippen LogP contribution in [0.25, 0.3) is 0 Å². The minimum Gasteiger partial charge on any atom is -0.494 e. The number of nitrogens with one attached hydrogen (secondary N) is 1. The smallest absolute Gasteiger partial charge is 0.226 e. The number of aryl methyl sites for hydroxylation is 2. The van der Waals surface area contributed by atoms with Crippen molar-refractivity contribution >= 4 is 22.4 Å². The van der Waals surface area contributed by atoms with Gasteiger partial charge in [0.2, 0.25) is 11.0 Å². The predicted octanol–water partition coefficient (Wildman–Crippen LogP) is 4.12. The summed E-state index contributed by atoms with van der Waals surface area (Å²) in [5.74, 6) is 0.833. The highest BCUT2D eigenvalue weighted by Gasteiger charge is 2.08. The first kappa shape index (κ1) is 18.1. The maximum atomic E-state index is 12.0. The fourth-order valence-corrected chi connectivity index (χ4v) is 3.22. The van der Waals surface area contributed by atoms with Crippen molar-refractivity contribution in [2.75, 3.05) is 11.9 Å². The molecule has 0 spiro atoms. The highest BCUT2D eigenvalue weighted by Crippen LogP contribution is 2.17. The monoisotopic (exact) mass is 367 g/mol. The van der Waals surface area contributed by atoms with Gasteiger partial charge >= 0.3 is 0 Å². The van der Waals surface area contributed by atoms with E-state index in [-0.39, 0.29) is 5.91 Å². The summed E-state index contributed by atoms with van der Waals surface area (Å²) in [6, 6.07) is 19.7. The minimum absolute atomic E-state index is 0.0380. The number of para-hydroxylation sites is 1. The molecule has 5 nitrogen and oxygen atoms in total. The molecule has 0 saturated carbocycles. The van der Waals surface area contributed by atoms with E-state index in [1.54, 1.807) is 0 Å². The van der Waals surface area contributed by atoms with Gasteiger partial charge in [-0.2, -0.15) is 0 Å². The standard InChI is InChI=1S/C20H21N3O2S/c24-18(14-13-16-8-3-1-4-9-16)21-20-23-22-19(26-20)12-7-15-25-17-10-5-2-6-11-17/h1-6,8-11H,7,12-15H2,(H,21,23,24). The summed E-state index contributed by atoms with van der Waals surface area (Å²) in [6.07, 6.45) is 2.79. The Hall–Kier alpha value is -2.73. The van der Waals surface area contributed by atoms with Gasteiger partial charge in [0, 0.05) is 12.8 Å². The van der Waals surface area contributed by atoms with Gasteiger partial charge in [0.15, 0.2) is 0 Å². The molecule has 1 N–H and O–H groups in total. The second-order valence-electron chi connectivity index (χ2n) is 5.80. The highest BCUT2D eigenvalue weighted by atomic mass is 32.1. The first-order valence-corrected chi connectivity index (χ1v) is 9.45. The summed E-state index contributed by atoms with van der Waals surface area (Å²) in [4.78, 5) is 12.0. The van der Waals surface area contributed by atoms with Crippen molar-refractivity contribution in [3.8, 4) is 5.75 Å². The third-order valence-corrected chi connectivity index (χ3v) is 4.64. The molecule has 0 atom stereocenters. The van der Waals surface area contributed by atoms with E-state index in [4.69, 9.17) is 4.74 Å². The molecule has 3 aromatic rings. The number of aromatic nitrogens is 2. The number of carbonyl (C=O) groups is 1. The second-order valence-corrected chi connectivity index (χ2v) is 6.86. The Labute approximate surface area is 157 Å². The van der Waals surface area contributed by atoms with Gasteiger partial charge in [-0.3, -0.25) is 4.79 Å². The van der Waals surface area contributed by atoms with Crippen LogP contribution in [0.3, 0.4) is 0 Å². The van der Waals surface area contributed by atoms with Crippen LogP contribution in [-0.4, -0.2) is 22.7 Å². The predicted molar refractivity (Wildman–Crippen MR) is 104 cm³/mol. The average molecular weight is 367 g/mol. The summed E-state index contributed by atoms with van der Waals surface area (Å²) < 4.78 is 5.66. The topological polar surface area (TPSA) is 64.1 Å². The number of hydrogen-bond acceptors (Lipinski definition) is 5. The molecule has 0 fully saturated rings. The van der Waals surface area contributed by atoms with Crippen molar-refractivity contribution in [3.05, 3.63) is 71.2 Å². The lowest BCUT2D eigenvalue weighted by molar-refractivity contribution is -0.116. The van der Waals surface area contributed by atoms with E-state index in [0.29, 0.717) is 18.2 Å². The van der Waals surface area contributed by atoms with Crippen LogP contribution < -0.4 is 10.1 Å². The van der Waals surface area contributed by atoms with Crippen LogP contribution in [0, 0.1) is 0 Å². The van der Waals surface area contributed by atoms with Gasteiger partial charge in [0.25, 0.3) is 0 Å². The van der Waals surface area contributed by atoms with E-state index >= 15 is 0 Å². The Morgan fingerprint density at radius 3 is 2.46 bits per heavy atom. The fourth-order valence-electron chi connectivity index (χ4n) is 2.42. The normalized spacial score (nSPS) is 10.5. The summed E-state index contributed by atoms with van der Waals surface area (Å²) >= 11 is 1.42. The third kappa shape index (κ3) is 5.97. The van der Waals surface area contributed by atoms with Gasteiger partial charge in [-0.15, -0.1) is 10.2 Å². The fraction of sp³-hybridized carbons (Fsp3) is 0.250. The second kappa shape index (κ2) is 9.68. The molecule has 0 radical (unpaired) electrons. The summed E-state index contributed by atoms with van der Waals surface area (Å²) in [5, 5.41) is 12.5. The van der Waals surface area contributed by atoms with Crippen molar-refractivity contribution in [2.45, 2.75) is 25.7 Å². The van der Waals surface area contributed by atoms with E-state index in [1.807, 2.05) is 60.7 Å². The number of carbonyl (C=O) groups excluding carboxylic acids is 1. The van der Waals surface area contributed by atoms with Crippen molar-refractivity contribution < 1.29 is 9.53 Å². The molecule has 1 amide bonds. The lowest BCUT2D eigenvalue weighted by Gasteiger charge is -2.04. The molecule has 1 heterocycles. The number of hydrogen-bond donors (Lipinski definition) is 1. The molecule has 0 unspecified atom stereocenters. The average Bonchev–Trinajstić information content (AvgIpc) is 3.12. The number of amides is 1. The number of anilines is 1. The van der Waals surface area contributed by atoms with Crippen molar-refractivity contribution in [1.29, 1.82) is 0 Å². The molecule has 3 rings (SSSR count). The molecule has 0 aliphatic heterocycles. The molecular weight excluding hydrogens is 346 g/mol. The van der Waals surface area contributed by atoms with Gasteiger partial charge in [0.1, 0.15) is 10.8 Å². The van der Waals surface area contributed by atoms with Gasteiger partial charge in [-0.1, -0.05) is 59.9 Å². The zero-order valence-electron chi connectivity index (χ0n) is 14.4. The van der Waals surface area contributed by atoms with Crippen LogP contribution in [0.2, 0.25) is 0 Å². The Balaban J connectivity index is 1.36. The Kier molecular flexibility index (Phi) is 6.73. The molecule has 2 aromatic carbocycles. The first-order chi connectivity index (χ1) is 12.8. The summed E-state index contributed by atoms with van der Waals surface area (Å²) in [5.41, 5.74) is 1.15. The number of benzene rings is 2. The maximum absolute atomic E-state index is 12.0. The van der Waals surface area contributed by atoms with Gasteiger partial charge in [-0.05, 0) is 30.5 Å². The van der Waals surface area contributed by atoms with E-state index in [1.165, 1.54) is 11.3 Å². The zero-order valence-corrected chi connectivity index (χ0v) is 15.2. The van der Waals surface area contributed by atoms with Crippen LogP contribution in [0.5, 0.6) is 5.75 Å². The number of ether oxygens (including phenoxy) is 1. The SMILES string of the molecule is O=C(CCc1ccccc1)Nc1nnc(CCCOc2ccccc2)s1. The minimum atomic E-state index is -0.0380. The van der Waals surface area contributed by atoms with E-state index in [0.717, 1.165) is 35.6 Å². The maximum Gasteiger partial charge on any atom is 0.226 e. The molecule has 0 bridgehead atoms. The third-order valence-electron chi connectivity index (χ3n) is 3.74. The molecule has 6 heteroatoms. The zero-order chi connectivity index (χ0) is 18.0.